The van der Waals surface area contributed by atoms with Gasteiger partial charge in [0.15, 0.2) is 0 Å². The van der Waals surface area contributed by atoms with E-state index in [0.29, 0.717) is 5.92 Å². The van der Waals surface area contributed by atoms with E-state index in [4.69, 9.17) is 9.94 Å². The van der Waals surface area contributed by atoms with Crippen molar-refractivity contribution in [1.82, 2.24) is 0 Å². The number of hydrogen-bond donors (Lipinski definition) is 1. The number of rotatable bonds is 2. The third-order valence-electron chi connectivity index (χ3n) is 2.66. The first-order valence-electron chi connectivity index (χ1n) is 4.52. The fourth-order valence-electron chi connectivity index (χ4n) is 1.64. The molecule has 1 N–H and O–H groups in total. The monoisotopic (exact) mass is 171 g/mol. The van der Waals surface area contributed by atoms with E-state index in [2.05, 4.69) is 19.0 Å². The Bertz CT molecular complexity index is 170. The second-order valence-corrected chi connectivity index (χ2v) is 3.67. The summed E-state index contributed by atoms with van der Waals surface area (Å²) in [5, 5.41) is 11.5. The van der Waals surface area contributed by atoms with Crippen LogP contribution in [0.3, 0.4) is 0 Å². The lowest BCUT2D eigenvalue weighted by Gasteiger charge is -2.36. The van der Waals surface area contributed by atoms with Gasteiger partial charge in [-0.3, -0.25) is 0 Å². The Morgan fingerprint density at radius 1 is 1.75 bits per heavy atom. The van der Waals surface area contributed by atoms with E-state index in [1.807, 2.05) is 0 Å². The van der Waals surface area contributed by atoms with Crippen LogP contribution in [0, 0.1) is 5.92 Å². The van der Waals surface area contributed by atoms with Crippen molar-refractivity contribution >= 4 is 6.21 Å². The Balaban J connectivity index is 2.50. The van der Waals surface area contributed by atoms with Crippen LogP contribution < -0.4 is 0 Å². The smallest absolute Gasteiger partial charge is 0.0658 e. The van der Waals surface area contributed by atoms with Crippen molar-refractivity contribution in [3.63, 3.8) is 0 Å². The molecule has 0 spiro atoms. The highest BCUT2D eigenvalue weighted by atomic mass is 16.5. The van der Waals surface area contributed by atoms with Crippen LogP contribution in [0.2, 0.25) is 0 Å². The molecule has 0 aliphatic carbocycles. The summed E-state index contributed by atoms with van der Waals surface area (Å²) in [5.41, 5.74) is -0.00981. The van der Waals surface area contributed by atoms with Crippen molar-refractivity contribution < 1.29 is 9.94 Å². The molecule has 0 unspecified atom stereocenters. The summed E-state index contributed by atoms with van der Waals surface area (Å²) in [6.45, 7) is 5.02. The Morgan fingerprint density at radius 2 is 2.50 bits per heavy atom. The molecule has 0 amide bonds. The molecule has 70 valence electrons. The molecule has 0 saturated carbocycles. The van der Waals surface area contributed by atoms with Gasteiger partial charge in [0, 0.05) is 18.7 Å². The highest BCUT2D eigenvalue weighted by molar-refractivity contribution is 5.60. The van der Waals surface area contributed by atoms with Crippen molar-refractivity contribution in [1.29, 1.82) is 0 Å². The van der Waals surface area contributed by atoms with Gasteiger partial charge in [-0.05, 0) is 26.2 Å². The van der Waals surface area contributed by atoms with E-state index < -0.39 is 0 Å². The minimum absolute atomic E-state index is 0.00981. The van der Waals surface area contributed by atoms with Gasteiger partial charge in [-0.25, -0.2) is 0 Å². The van der Waals surface area contributed by atoms with Gasteiger partial charge in [0.05, 0.1) is 5.60 Å². The lowest BCUT2D eigenvalue weighted by molar-refractivity contribution is -0.0764. The average Bonchev–Trinajstić information content (AvgIpc) is 2.05. The van der Waals surface area contributed by atoms with Crippen LogP contribution in [-0.2, 0) is 4.74 Å². The first-order valence-corrected chi connectivity index (χ1v) is 4.52. The topological polar surface area (TPSA) is 41.8 Å². The van der Waals surface area contributed by atoms with Crippen LogP contribution in [0.4, 0.5) is 0 Å². The number of oxime groups is 1. The van der Waals surface area contributed by atoms with E-state index in [1.165, 1.54) is 0 Å². The highest BCUT2D eigenvalue weighted by Crippen LogP contribution is 2.30. The standard InChI is InChI=1S/C9H17NO2/c1-3-9(2)6-8(7-10-11)4-5-12-9/h7-8,11H,3-6H2,1-2H3/b10-7-/t8-,9+/m0/s1. The Morgan fingerprint density at radius 3 is 3.08 bits per heavy atom. The van der Waals surface area contributed by atoms with E-state index in [0.717, 1.165) is 25.9 Å². The van der Waals surface area contributed by atoms with Crippen molar-refractivity contribution in [3.8, 4) is 0 Å². The third-order valence-corrected chi connectivity index (χ3v) is 2.66. The Labute approximate surface area is 73.4 Å². The molecule has 1 rings (SSSR count). The molecule has 1 fully saturated rings. The molecule has 1 saturated heterocycles. The molecule has 0 bridgehead atoms. The van der Waals surface area contributed by atoms with Gasteiger partial charge in [0.2, 0.25) is 0 Å². The zero-order valence-corrected chi connectivity index (χ0v) is 7.79. The average molecular weight is 171 g/mol. The maximum atomic E-state index is 8.39. The van der Waals surface area contributed by atoms with Gasteiger partial charge in [0.25, 0.3) is 0 Å². The SMILES string of the molecule is CC[C@]1(C)C[C@@H](/C=N\O)CCO1. The quantitative estimate of drug-likeness (QED) is 0.392. The zero-order valence-electron chi connectivity index (χ0n) is 7.79. The molecule has 0 radical (unpaired) electrons. The van der Waals surface area contributed by atoms with Gasteiger partial charge >= 0.3 is 0 Å². The second-order valence-electron chi connectivity index (χ2n) is 3.67. The summed E-state index contributed by atoms with van der Waals surface area (Å²) in [4.78, 5) is 0. The molecule has 0 aromatic heterocycles. The lowest BCUT2D eigenvalue weighted by Crippen LogP contribution is -2.36. The third kappa shape index (κ3) is 2.21. The Kier molecular flexibility index (Phi) is 3.09. The summed E-state index contributed by atoms with van der Waals surface area (Å²) in [5.74, 6) is 0.383. The predicted octanol–water partition coefficient (Wildman–Crippen LogP) is 2.04. The molecular formula is C9H17NO2. The number of hydrogen-bond acceptors (Lipinski definition) is 3. The Hall–Kier alpha value is -0.570. The zero-order chi connectivity index (χ0) is 9.03. The molecular weight excluding hydrogens is 154 g/mol. The summed E-state index contributed by atoms with van der Waals surface area (Å²) < 4.78 is 5.65. The first kappa shape index (κ1) is 9.52. The number of nitrogens with zero attached hydrogens (tertiary/aromatic N) is 1. The second kappa shape index (κ2) is 3.90. The predicted molar refractivity (Wildman–Crippen MR) is 47.7 cm³/mol. The van der Waals surface area contributed by atoms with E-state index in [1.54, 1.807) is 6.21 Å². The highest BCUT2D eigenvalue weighted by Gasteiger charge is 2.30. The molecule has 1 heterocycles. The van der Waals surface area contributed by atoms with Crippen molar-refractivity contribution in [2.75, 3.05) is 6.61 Å². The fraction of sp³-hybridized carbons (Fsp3) is 0.889. The van der Waals surface area contributed by atoms with E-state index in [9.17, 15) is 0 Å². The molecule has 3 nitrogen and oxygen atoms in total. The van der Waals surface area contributed by atoms with Crippen molar-refractivity contribution in [3.05, 3.63) is 0 Å². The van der Waals surface area contributed by atoms with Gasteiger partial charge in [-0.1, -0.05) is 6.92 Å². The molecule has 3 heteroatoms. The lowest BCUT2D eigenvalue weighted by atomic mass is 9.86. The van der Waals surface area contributed by atoms with Crippen LogP contribution in [-0.4, -0.2) is 23.6 Å². The maximum absolute atomic E-state index is 8.39. The van der Waals surface area contributed by atoms with Crippen molar-refractivity contribution in [2.24, 2.45) is 11.1 Å². The summed E-state index contributed by atoms with van der Waals surface area (Å²) in [6.07, 6.45) is 4.58. The van der Waals surface area contributed by atoms with Crippen LogP contribution in [0.15, 0.2) is 5.16 Å². The van der Waals surface area contributed by atoms with Gasteiger partial charge in [-0.2, -0.15) is 0 Å². The molecule has 12 heavy (non-hydrogen) atoms. The summed E-state index contributed by atoms with van der Waals surface area (Å²) in [6, 6.07) is 0. The van der Waals surface area contributed by atoms with Gasteiger partial charge in [-0.15, -0.1) is 5.16 Å². The fourth-order valence-corrected chi connectivity index (χ4v) is 1.64. The van der Waals surface area contributed by atoms with Crippen LogP contribution in [0.5, 0.6) is 0 Å². The first-order chi connectivity index (χ1) is 5.70. The minimum Gasteiger partial charge on any atom is -0.411 e. The largest absolute Gasteiger partial charge is 0.411 e. The van der Waals surface area contributed by atoms with Crippen LogP contribution >= 0.6 is 0 Å². The summed E-state index contributed by atoms with van der Waals surface area (Å²) in [7, 11) is 0. The molecule has 1 aliphatic heterocycles. The molecule has 0 aromatic carbocycles. The van der Waals surface area contributed by atoms with Crippen LogP contribution in [0.1, 0.15) is 33.1 Å². The number of ether oxygens (including phenoxy) is 1. The van der Waals surface area contributed by atoms with Crippen molar-refractivity contribution in [2.45, 2.75) is 38.7 Å². The maximum Gasteiger partial charge on any atom is 0.0658 e. The van der Waals surface area contributed by atoms with Gasteiger partial charge in [0.1, 0.15) is 0 Å². The van der Waals surface area contributed by atoms with E-state index >= 15 is 0 Å². The molecule has 0 aromatic rings. The van der Waals surface area contributed by atoms with Crippen LogP contribution in [0.25, 0.3) is 0 Å². The molecule has 2 atom stereocenters. The van der Waals surface area contributed by atoms with Gasteiger partial charge < -0.3 is 9.94 Å². The van der Waals surface area contributed by atoms with E-state index in [-0.39, 0.29) is 5.60 Å². The summed E-state index contributed by atoms with van der Waals surface area (Å²) >= 11 is 0. The normalized spacial score (nSPS) is 37.3. The minimum atomic E-state index is -0.00981. The molecule has 1 aliphatic rings.